The number of aromatic nitrogens is 1. The molecule has 0 aliphatic carbocycles. The standard InChI is InChI=1S/C24H31FN4O3S/c1-14-20(33-13-27-14)17-8-6-16(7-9-17)12-26-22(31)19-18(25)10-11-29(19)23(32)21(24(3,4)5)28-15(2)30/h6-9,13,18-19,21H,10-12H2,1-5H3,(H,26,31)(H,28,30)/t18-,19+,21-/m1/s1. The molecule has 2 heterocycles. The SMILES string of the molecule is CC(=O)N[C@H](C(=O)N1CC[C@@H](F)[C@H]1C(=O)NCc1ccc(-c2scnc2C)cc1)C(C)(C)C. The van der Waals surface area contributed by atoms with Crippen molar-refractivity contribution in [1.82, 2.24) is 20.5 Å². The quantitative estimate of drug-likeness (QED) is 0.673. The summed E-state index contributed by atoms with van der Waals surface area (Å²) >= 11 is 1.57. The van der Waals surface area contributed by atoms with E-state index in [-0.39, 0.29) is 25.4 Å². The molecule has 1 fully saturated rings. The van der Waals surface area contributed by atoms with Crippen LogP contribution in [0.2, 0.25) is 0 Å². The largest absolute Gasteiger partial charge is 0.350 e. The van der Waals surface area contributed by atoms with E-state index in [0.29, 0.717) is 0 Å². The minimum atomic E-state index is -1.46. The van der Waals surface area contributed by atoms with Crippen LogP contribution in [0.15, 0.2) is 29.8 Å². The zero-order valence-electron chi connectivity index (χ0n) is 19.6. The second-order valence-corrected chi connectivity index (χ2v) is 10.3. The molecule has 9 heteroatoms. The lowest BCUT2D eigenvalue weighted by atomic mass is 9.85. The maximum Gasteiger partial charge on any atom is 0.246 e. The number of carbonyl (C=O) groups is 3. The highest BCUT2D eigenvalue weighted by molar-refractivity contribution is 7.13. The fourth-order valence-corrected chi connectivity index (χ4v) is 4.78. The van der Waals surface area contributed by atoms with Gasteiger partial charge in [-0.25, -0.2) is 9.37 Å². The molecule has 3 atom stereocenters. The number of nitrogens with zero attached hydrogens (tertiary/aromatic N) is 2. The summed E-state index contributed by atoms with van der Waals surface area (Å²) in [7, 11) is 0. The van der Waals surface area contributed by atoms with Gasteiger partial charge < -0.3 is 15.5 Å². The topological polar surface area (TPSA) is 91.4 Å². The fourth-order valence-electron chi connectivity index (χ4n) is 3.97. The van der Waals surface area contributed by atoms with E-state index in [0.717, 1.165) is 21.7 Å². The second kappa shape index (κ2) is 9.99. The molecule has 1 aliphatic heterocycles. The predicted octanol–water partition coefficient (Wildman–Crippen LogP) is 3.22. The van der Waals surface area contributed by atoms with Crippen molar-refractivity contribution in [3.8, 4) is 10.4 Å². The molecule has 1 aromatic heterocycles. The first-order chi connectivity index (χ1) is 15.5. The molecular formula is C24H31FN4O3S. The number of nitrogens with one attached hydrogen (secondary N) is 2. The highest BCUT2D eigenvalue weighted by Crippen LogP contribution is 2.28. The molecule has 1 aromatic carbocycles. The summed E-state index contributed by atoms with van der Waals surface area (Å²) in [5, 5.41) is 5.43. The summed E-state index contributed by atoms with van der Waals surface area (Å²) in [6.07, 6.45) is -1.37. The molecule has 178 valence electrons. The van der Waals surface area contributed by atoms with Gasteiger partial charge in [0.1, 0.15) is 18.3 Å². The number of alkyl halides is 1. The third-order valence-electron chi connectivity index (χ3n) is 5.76. The van der Waals surface area contributed by atoms with Gasteiger partial charge in [0.05, 0.1) is 16.1 Å². The highest BCUT2D eigenvalue weighted by atomic mass is 32.1. The van der Waals surface area contributed by atoms with E-state index in [1.54, 1.807) is 16.8 Å². The monoisotopic (exact) mass is 474 g/mol. The van der Waals surface area contributed by atoms with Crippen molar-refractivity contribution >= 4 is 29.1 Å². The zero-order valence-corrected chi connectivity index (χ0v) is 20.5. The Morgan fingerprint density at radius 2 is 1.91 bits per heavy atom. The lowest BCUT2D eigenvalue weighted by Gasteiger charge is -2.35. The average Bonchev–Trinajstić information content (AvgIpc) is 3.34. The normalized spacial score (nSPS) is 19.3. The molecule has 2 aromatic rings. The molecule has 2 N–H and O–H groups in total. The van der Waals surface area contributed by atoms with Crippen LogP contribution in [0.4, 0.5) is 4.39 Å². The first-order valence-corrected chi connectivity index (χ1v) is 11.9. The summed E-state index contributed by atoms with van der Waals surface area (Å²) in [5.41, 5.74) is 4.10. The minimum Gasteiger partial charge on any atom is -0.350 e. The van der Waals surface area contributed by atoms with Crippen molar-refractivity contribution in [3.05, 3.63) is 41.0 Å². The van der Waals surface area contributed by atoms with Gasteiger partial charge in [-0.15, -0.1) is 11.3 Å². The average molecular weight is 475 g/mol. The van der Waals surface area contributed by atoms with Gasteiger partial charge in [0.2, 0.25) is 17.7 Å². The molecule has 3 rings (SSSR count). The number of halogens is 1. The molecule has 0 spiro atoms. The van der Waals surface area contributed by atoms with Gasteiger partial charge in [-0.2, -0.15) is 0 Å². The molecule has 7 nitrogen and oxygen atoms in total. The van der Waals surface area contributed by atoms with E-state index >= 15 is 0 Å². The summed E-state index contributed by atoms with van der Waals surface area (Å²) in [5.74, 6) is -1.33. The second-order valence-electron chi connectivity index (χ2n) is 9.46. The van der Waals surface area contributed by atoms with Crippen LogP contribution in [-0.2, 0) is 20.9 Å². The van der Waals surface area contributed by atoms with Crippen molar-refractivity contribution in [2.45, 2.75) is 65.8 Å². The Kier molecular flexibility index (Phi) is 7.51. The number of likely N-dealkylation sites (tertiary alicyclic amines) is 1. The van der Waals surface area contributed by atoms with Gasteiger partial charge in [-0.3, -0.25) is 14.4 Å². The third-order valence-corrected chi connectivity index (χ3v) is 6.74. The molecule has 1 saturated heterocycles. The van der Waals surface area contributed by atoms with Crippen molar-refractivity contribution in [2.75, 3.05) is 6.54 Å². The Bertz CT molecular complexity index is 1020. The molecule has 0 saturated carbocycles. The summed E-state index contributed by atoms with van der Waals surface area (Å²) in [6, 6.07) is 5.69. The molecule has 0 unspecified atom stereocenters. The van der Waals surface area contributed by atoms with Crippen LogP contribution < -0.4 is 10.6 Å². The Hall–Kier alpha value is -2.81. The number of amides is 3. The van der Waals surface area contributed by atoms with E-state index in [1.165, 1.54) is 11.8 Å². The Balaban J connectivity index is 1.68. The summed E-state index contributed by atoms with van der Waals surface area (Å²) in [4.78, 5) is 44.4. The number of benzene rings is 1. The van der Waals surface area contributed by atoms with E-state index in [9.17, 15) is 18.8 Å². The smallest absolute Gasteiger partial charge is 0.246 e. The van der Waals surface area contributed by atoms with Crippen molar-refractivity contribution < 1.29 is 18.8 Å². The van der Waals surface area contributed by atoms with Crippen LogP contribution in [0, 0.1) is 12.3 Å². The first kappa shape index (κ1) is 24.8. The Labute approximate surface area is 197 Å². The molecule has 33 heavy (non-hydrogen) atoms. The third kappa shape index (κ3) is 5.76. The first-order valence-electron chi connectivity index (χ1n) is 11.0. The van der Waals surface area contributed by atoms with Crippen LogP contribution in [0.1, 0.15) is 45.4 Å². The maximum atomic E-state index is 14.7. The predicted molar refractivity (Wildman–Crippen MR) is 126 cm³/mol. The van der Waals surface area contributed by atoms with Crippen molar-refractivity contribution in [1.29, 1.82) is 0 Å². The van der Waals surface area contributed by atoms with E-state index in [4.69, 9.17) is 0 Å². The summed E-state index contributed by atoms with van der Waals surface area (Å²) < 4.78 is 14.7. The van der Waals surface area contributed by atoms with Crippen LogP contribution in [0.5, 0.6) is 0 Å². The molecular weight excluding hydrogens is 443 g/mol. The maximum absolute atomic E-state index is 14.7. The van der Waals surface area contributed by atoms with Crippen LogP contribution in [0.3, 0.4) is 0 Å². The Morgan fingerprint density at radius 1 is 1.24 bits per heavy atom. The lowest BCUT2D eigenvalue weighted by molar-refractivity contribution is -0.144. The summed E-state index contributed by atoms with van der Waals surface area (Å²) in [6.45, 7) is 9.11. The zero-order chi connectivity index (χ0) is 24.3. The molecule has 0 radical (unpaired) electrons. The number of rotatable bonds is 6. The number of carbonyl (C=O) groups excluding carboxylic acids is 3. The molecule has 1 aliphatic rings. The van der Waals surface area contributed by atoms with Gasteiger partial charge in [-0.1, -0.05) is 45.0 Å². The van der Waals surface area contributed by atoms with Crippen molar-refractivity contribution in [3.63, 3.8) is 0 Å². The number of aryl methyl sites for hydroxylation is 1. The van der Waals surface area contributed by atoms with E-state index in [1.807, 2.05) is 52.0 Å². The number of hydrogen-bond acceptors (Lipinski definition) is 5. The number of hydrogen-bond donors (Lipinski definition) is 2. The van der Waals surface area contributed by atoms with Crippen LogP contribution in [-0.4, -0.2) is 52.4 Å². The lowest BCUT2D eigenvalue weighted by Crippen LogP contribution is -2.58. The fraction of sp³-hybridized carbons (Fsp3) is 0.500. The molecule has 3 amide bonds. The van der Waals surface area contributed by atoms with Gasteiger partial charge in [0.25, 0.3) is 0 Å². The van der Waals surface area contributed by atoms with Gasteiger partial charge in [-0.05, 0) is 29.9 Å². The van der Waals surface area contributed by atoms with Crippen molar-refractivity contribution in [2.24, 2.45) is 5.41 Å². The van der Waals surface area contributed by atoms with Gasteiger partial charge in [0, 0.05) is 20.0 Å². The highest BCUT2D eigenvalue weighted by Gasteiger charge is 2.46. The van der Waals surface area contributed by atoms with Gasteiger partial charge in [0.15, 0.2) is 0 Å². The van der Waals surface area contributed by atoms with Gasteiger partial charge >= 0.3 is 0 Å². The van der Waals surface area contributed by atoms with E-state index in [2.05, 4.69) is 15.6 Å². The minimum absolute atomic E-state index is 0.0870. The Morgan fingerprint density at radius 3 is 2.45 bits per heavy atom. The molecule has 0 bridgehead atoms. The van der Waals surface area contributed by atoms with Crippen LogP contribution >= 0.6 is 11.3 Å². The van der Waals surface area contributed by atoms with E-state index < -0.39 is 35.5 Å². The van der Waals surface area contributed by atoms with Crippen LogP contribution in [0.25, 0.3) is 10.4 Å². The number of thiazole rings is 1.